The van der Waals surface area contributed by atoms with Crippen LogP contribution >= 0.6 is 0 Å². The Morgan fingerprint density at radius 3 is 2.32 bits per heavy atom. The van der Waals surface area contributed by atoms with Crippen molar-refractivity contribution in [3.63, 3.8) is 0 Å². The van der Waals surface area contributed by atoms with Crippen molar-refractivity contribution >= 4 is 11.6 Å². The molecule has 0 heterocycles. The lowest BCUT2D eigenvalue weighted by atomic mass is 9.97. The Bertz CT molecular complexity index is 600. The standard InChI is InChI=1S/C17H17F2NO2/c1-12(13-5-3-2-4-6-13)11-16(21)20-14-7-9-15(10-8-14)22-17(18)19/h2-10,12,17H,11H2,1H3,(H,20,21). The molecule has 2 rings (SSSR count). The van der Waals surface area contributed by atoms with E-state index in [2.05, 4.69) is 10.1 Å². The molecule has 0 spiro atoms. The maximum Gasteiger partial charge on any atom is 0.387 e. The monoisotopic (exact) mass is 305 g/mol. The van der Waals surface area contributed by atoms with Gasteiger partial charge in [-0.25, -0.2) is 0 Å². The van der Waals surface area contributed by atoms with E-state index in [0.29, 0.717) is 12.1 Å². The van der Waals surface area contributed by atoms with Crippen LogP contribution in [0.25, 0.3) is 0 Å². The summed E-state index contributed by atoms with van der Waals surface area (Å²) in [4.78, 5) is 12.0. The minimum absolute atomic E-state index is 0.0608. The van der Waals surface area contributed by atoms with E-state index in [1.165, 1.54) is 24.3 Å². The molecule has 1 unspecified atom stereocenters. The Labute approximate surface area is 127 Å². The molecule has 1 amide bonds. The molecule has 116 valence electrons. The summed E-state index contributed by atoms with van der Waals surface area (Å²) >= 11 is 0. The Morgan fingerprint density at radius 1 is 1.09 bits per heavy atom. The number of nitrogens with one attached hydrogen (secondary N) is 1. The van der Waals surface area contributed by atoms with E-state index in [1.54, 1.807) is 0 Å². The number of amides is 1. The first-order valence-electron chi connectivity index (χ1n) is 6.94. The number of benzene rings is 2. The van der Waals surface area contributed by atoms with Crippen molar-refractivity contribution in [2.24, 2.45) is 0 Å². The first-order chi connectivity index (χ1) is 10.5. The predicted molar refractivity (Wildman–Crippen MR) is 81.2 cm³/mol. The first-order valence-corrected chi connectivity index (χ1v) is 6.94. The van der Waals surface area contributed by atoms with E-state index in [0.717, 1.165) is 5.56 Å². The Kier molecular flexibility index (Phi) is 5.47. The highest BCUT2D eigenvalue weighted by Gasteiger charge is 2.11. The van der Waals surface area contributed by atoms with Gasteiger partial charge < -0.3 is 10.1 Å². The summed E-state index contributed by atoms with van der Waals surface area (Å²) in [5, 5.41) is 2.74. The lowest BCUT2D eigenvalue weighted by Gasteiger charge is -2.12. The molecule has 22 heavy (non-hydrogen) atoms. The molecule has 0 aromatic heterocycles. The molecule has 0 fully saturated rings. The Balaban J connectivity index is 1.89. The maximum absolute atomic E-state index is 12.0. The summed E-state index contributed by atoms with van der Waals surface area (Å²) in [7, 11) is 0. The summed E-state index contributed by atoms with van der Waals surface area (Å²) in [6, 6.07) is 15.6. The number of alkyl halides is 2. The molecule has 2 aromatic rings. The van der Waals surface area contributed by atoms with Crippen LogP contribution in [0, 0.1) is 0 Å². The molecular formula is C17H17F2NO2. The first kappa shape index (κ1) is 15.9. The number of hydrogen-bond donors (Lipinski definition) is 1. The quantitative estimate of drug-likeness (QED) is 0.858. The van der Waals surface area contributed by atoms with Crippen molar-refractivity contribution in [1.29, 1.82) is 0 Å². The maximum atomic E-state index is 12.0. The molecule has 3 nitrogen and oxygen atoms in total. The summed E-state index contributed by atoms with van der Waals surface area (Å²) in [6.45, 7) is -0.874. The van der Waals surface area contributed by atoms with Gasteiger partial charge in [-0.05, 0) is 35.7 Å². The van der Waals surface area contributed by atoms with Gasteiger partial charge in [0, 0.05) is 12.1 Å². The van der Waals surface area contributed by atoms with Crippen LogP contribution in [-0.2, 0) is 4.79 Å². The van der Waals surface area contributed by atoms with Gasteiger partial charge in [0.2, 0.25) is 5.91 Å². The van der Waals surface area contributed by atoms with Gasteiger partial charge in [-0.3, -0.25) is 4.79 Å². The lowest BCUT2D eigenvalue weighted by Crippen LogP contribution is -2.14. The van der Waals surface area contributed by atoms with Crippen molar-refractivity contribution in [2.45, 2.75) is 25.9 Å². The van der Waals surface area contributed by atoms with Crippen LogP contribution in [0.5, 0.6) is 5.75 Å². The third kappa shape index (κ3) is 4.84. The fourth-order valence-corrected chi connectivity index (χ4v) is 2.11. The number of anilines is 1. The van der Waals surface area contributed by atoms with Gasteiger partial charge in [0.25, 0.3) is 0 Å². The van der Waals surface area contributed by atoms with E-state index in [-0.39, 0.29) is 17.6 Å². The normalized spacial score (nSPS) is 12.0. The number of ether oxygens (including phenoxy) is 1. The zero-order valence-electron chi connectivity index (χ0n) is 12.1. The van der Waals surface area contributed by atoms with Gasteiger partial charge in [0.15, 0.2) is 0 Å². The fourth-order valence-electron chi connectivity index (χ4n) is 2.11. The third-order valence-electron chi connectivity index (χ3n) is 3.22. The molecule has 1 N–H and O–H groups in total. The topological polar surface area (TPSA) is 38.3 Å². The second-order valence-electron chi connectivity index (χ2n) is 4.97. The van der Waals surface area contributed by atoms with Crippen LogP contribution in [0.2, 0.25) is 0 Å². The molecule has 0 saturated heterocycles. The van der Waals surface area contributed by atoms with Crippen molar-refractivity contribution in [3.8, 4) is 5.75 Å². The van der Waals surface area contributed by atoms with Crippen molar-refractivity contribution in [1.82, 2.24) is 0 Å². The third-order valence-corrected chi connectivity index (χ3v) is 3.22. The fraction of sp³-hybridized carbons (Fsp3) is 0.235. The highest BCUT2D eigenvalue weighted by molar-refractivity contribution is 5.91. The smallest absolute Gasteiger partial charge is 0.387 e. The molecule has 0 aliphatic heterocycles. The lowest BCUT2D eigenvalue weighted by molar-refractivity contribution is -0.116. The number of rotatable bonds is 6. The molecular weight excluding hydrogens is 288 g/mol. The highest BCUT2D eigenvalue weighted by Crippen LogP contribution is 2.21. The van der Waals surface area contributed by atoms with Crippen LogP contribution in [0.4, 0.5) is 14.5 Å². The highest BCUT2D eigenvalue weighted by atomic mass is 19.3. The van der Waals surface area contributed by atoms with Crippen molar-refractivity contribution < 1.29 is 18.3 Å². The van der Waals surface area contributed by atoms with Crippen LogP contribution in [-0.4, -0.2) is 12.5 Å². The van der Waals surface area contributed by atoms with Gasteiger partial charge in [0.1, 0.15) is 5.75 Å². The Hall–Kier alpha value is -2.43. The average molecular weight is 305 g/mol. The molecule has 0 saturated carbocycles. The average Bonchev–Trinajstić information content (AvgIpc) is 2.49. The summed E-state index contributed by atoms with van der Waals surface area (Å²) in [5.41, 5.74) is 1.64. The van der Waals surface area contributed by atoms with Gasteiger partial charge >= 0.3 is 6.61 Å². The van der Waals surface area contributed by atoms with Crippen molar-refractivity contribution in [3.05, 3.63) is 60.2 Å². The van der Waals surface area contributed by atoms with E-state index in [4.69, 9.17) is 0 Å². The van der Waals surface area contributed by atoms with E-state index >= 15 is 0 Å². The zero-order valence-corrected chi connectivity index (χ0v) is 12.1. The molecule has 2 aromatic carbocycles. The Morgan fingerprint density at radius 2 is 1.73 bits per heavy atom. The predicted octanol–water partition coefficient (Wildman–Crippen LogP) is 4.42. The van der Waals surface area contributed by atoms with Gasteiger partial charge in [-0.2, -0.15) is 8.78 Å². The van der Waals surface area contributed by atoms with Crippen LogP contribution in [0.1, 0.15) is 24.8 Å². The van der Waals surface area contributed by atoms with Crippen LogP contribution in [0.3, 0.4) is 0 Å². The molecule has 0 bridgehead atoms. The second kappa shape index (κ2) is 7.54. The molecule has 1 atom stereocenters. The minimum atomic E-state index is -2.85. The number of halogens is 2. The van der Waals surface area contributed by atoms with Crippen LogP contribution in [0.15, 0.2) is 54.6 Å². The second-order valence-corrected chi connectivity index (χ2v) is 4.97. The SMILES string of the molecule is CC(CC(=O)Nc1ccc(OC(F)F)cc1)c1ccccc1. The summed E-state index contributed by atoms with van der Waals surface area (Å²) < 4.78 is 28.3. The largest absolute Gasteiger partial charge is 0.435 e. The number of carbonyl (C=O) groups is 1. The van der Waals surface area contributed by atoms with Gasteiger partial charge in [-0.1, -0.05) is 37.3 Å². The van der Waals surface area contributed by atoms with Crippen molar-refractivity contribution in [2.75, 3.05) is 5.32 Å². The number of carbonyl (C=O) groups excluding carboxylic acids is 1. The van der Waals surface area contributed by atoms with Gasteiger partial charge in [-0.15, -0.1) is 0 Å². The van der Waals surface area contributed by atoms with E-state index in [9.17, 15) is 13.6 Å². The molecule has 0 radical (unpaired) electrons. The van der Waals surface area contributed by atoms with Gasteiger partial charge in [0.05, 0.1) is 0 Å². The molecule has 0 aliphatic carbocycles. The zero-order chi connectivity index (χ0) is 15.9. The van der Waals surface area contributed by atoms with E-state index in [1.807, 2.05) is 37.3 Å². The van der Waals surface area contributed by atoms with E-state index < -0.39 is 6.61 Å². The van der Waals surface area contributed by atoms with Crippen LogP contribution < -0.4 is 10.1 Å². The molecule has 0 aliphatic rings. The summed E-state index contributed by atoms with van der Waals surface area (Å²) in [6.07, 6.45) is 0.347. The minimum Gasteiger partial charge on any atom is -0.435 e. The molecule has 5 heteroatoms. The summed E-state index contributed by atoms with van der Waals surface area (Å²) in [5.74, 6) is 0.0344. The number of hydrogen-bond acceptors (Lipinski definition) is 2.